The minimum absolute atomic E-state index is 0.0910. The molecule has 5 amide bonds. The number of thioether (sulfide) groups is 1. The largest absolute Gasteiger partial charge is 0.444 e. The lowest BCUT2D eigenvalue weighted by atomic mass is 10.0. The number of likely N-dealkylation sites (tertiary alicyclic amines) is 2. The van der Waals surface area contributed by atoms with Gasteiger partial charge in [0.1, 0.15) is 29.8 Å². The van der Waals surface area contributed by atoms with Crippen LogP contribution >= 0.6 is 11.8 Å². The lowest BCUT2D eigenvalue weighted by molar-refractivity contribution is -0.145. The van der Waals surface area contributed by atoms with Gasteiger partial charge in [-0.15, -0.1) is 0 Å². The highest BCUT2D eigenvalue weighted by Crippen LogP contribution is 2.35. The van der Waals surface area contributed by atoms with Gasteiger partial charge in [-0.05, 0) is 63.5 Å². The van der Waals surface area contributed by atoms with Gasteiger partial charge >= 0.3 is 6.09 Å². The summed E-state index contributed by atoms with van der Waals surface area (Å²) in [5.74, 6) is -1.12. The zero-order valence-corrected chi connectivity index (χ0v) is 26.9. The molecule has 5 atom stereocenters. The normalized spacial score (nSPS) is 20.4. The van der Waals surface area contributed by atoms with Crippen LogP contribution in [0.2, 0.25) is 0 Å². The summed E-state index contributed by atoms with van der Waals surface area (Å²) in [4.78, 5) is 69.3. The van der Waals surface area contributed by atoms with Crippen LogP contribution in [0.1, 0.15) is 59.4 Å². The summed E-state index contributed by atoms with van der Waals surface area (Å²) in [7, 11) is 0. The molecular formula is C31H47N5O6S. The van der Waals surface area contributed by atoms with Crippen molar-refractivity contribution in [1.82, 2.24) is 20.4 Å². The molecule has 0 unspecified atom stereocenters. The van der Waals surface area contributed by atoms with E-state index in [2.05, 4.69) is 10.6 Å². The van der Waals surface area contributed by atoms with Crippen LogP contribution in [0.3, 0.4) is 0 Å². The minimum atomic E-state index is -0.944. The van der Waals surface area contributed by atoms with E-state index in [4.69, 9.17) is 10.5 Å². The topological polar surface area (TPSA) is 151 Å². The highest BCUT2D eigenvalue weighted by molar-refractivity contribution is 7.98. The fourth-order valence-corrected chi connectivity index (χ4v) is 6.21. The van der Waals surface area contributed by atoms with Crippen LogP contribution in [0.25, 0.3) is 0 Å². The van der Waals surface area contributed by atoms with Crippen molar-refractivity contribution in [2.45, 2.75) is 90.1 Å². The second-order valence-electron chi connectivity index (χ2n) is 12.8. The third-order valence-corrected chi connectivity index (χ3v) is 8.33. The van der Waals surface area contributed by atoms with Crippen molar-refractivity contribution in [2.75, 3.05) is 25.1 Å². The summed E-state index contributed by atoms with van der Waals surface area (Å²) in [6, 6.07) is 6.03. The Kier molecular flexibility index (Phi) is 11.9. The number of nitrogens with zero attached hydrogens (tertiary/aromatic N) is 2. The Labute approximate surface area is 259 Å². The zero-order chi connectivity index (χ0) is 31.9. The van der Waals surface area contributed by atoms with Crippen LogP contribution in [-0.2, 0) is 30.3 Å². The summed E-state index contributed by atoms with van der Waals surface area (Å²) in [5, 5.41) is 5.51. The molecule has 0 radical (unpaired) electrons. The molecule has 0 aliphatic carbocycles. The summed E-state index contributed by atoms with van der Waals surface area (Å²) in [5.41, 5.74) is 5.66. The van der Waals surface area contributed by atoms with Crippen LogP contribution in [0, 0.1) is 11.8 Å². The Morgan fingerprint density at radius 1 is 1.09 bits per heavy atom. The second kappa shape index (κ2) is 14.9. The number of carbonyl (C=O) groups excluding carboxylic acids is 5. The van der Waals surface area contributed by atoms with Gasteiger partial charge in [0, 0.05) is 25.4 Å². The SMILES string of the molecule is CSCC[C@H](NC(=O)[C@@H](CC(C)C)N1C[C@H]2CCN(C(=O)[C@H](Cc3ccccc3)NC(=O)OC(C)(C)C)[C@H]2C1=O)C(N)=O. The van der Waals surface area contributed by atoms with Gasteiger partial charge in [-0.25, -0.2) is 4.79 Å². The standard InChI is InChI=1S/C31H47N5O6S/c1-19(2)16-24(27(38)33-22(26(32)37)13-15-43-6)36-18-21-12-14-35(25(21)29(36)40)28(39)23(17-20-10-8-7-9-11-20)34-30(41)42-31(3,4)5/h7-11,19,21-25H,12-18H2,1-6H3,(H2,32,37)(H,33,38)(H,34,41)/t21-,22+,23+,24-,25-/m1/s1. The van der Waals surface area contributed by atoms with Crippen molar-refractivity contribution >= 4 is 41.5 Å². The first-order chi connectivity index (χ1) is 20.2. The molecule has 1 aromatic rings. The third kappa shape index (κ3) is 9.35. The molecule has 2 heterocycles. The first-order valence-corrected chi connectivity index (χ1v) is 16.3. The Morgan fingerprint density at radius 2 is 1.77 bits per heavy atom. The average Bonchev–Trinajstić information content (AvgIpc) is 3.48. The Balaban J connectivity index is 1.82. The number of fused-ring (bicyclic) bond motifs is 1. The van der Waals surface area contributed by atoms with E-state index in [1.165, 1.54) is 0 Å². The van der Waals surface area contributed by atoms with Crippen molar-refractivity contribution in [3.05, 3.63) is 35.9 Å². The molecule has 1 aromatic carbocycles. The number of rotatable bonds is 13. The molecule has 0 saturated carbocycles. The molecule has 2 aliphatic heterocycles. The quantitative estimate of drug-likeness (QED) is 0.307. The number of hydrogen-bond donors (Lipinski definition) is 3. The van der Waals surface area contributed by atoms with E-state index in [0.717, 1.165) is 5.56 Å². The van der Waals surface area contributed by atoms with Gasteiger partial charge in [-0.1, -0.05) is 44.2 Å². The van der Waals surface area contributed by atoms with Crippen LogP contribution in [0.5, 0.6) is 0 Å². The summed E-state index contributed by atoms with van der Waals surface area (Å²) < 4.78 is 5.44. The number of amides is 5. The number of alkyl carbamates (subject to hydrolysis) is 1. The van der Waals surface area contributed by atoms with Crippen LogP contribution in [0.4, 0.5) is 4.79 Å². The van der Waals surface area contributed by atoms with E-state index in [0.29, 0.717) is 38.1 Å². The number of nitrogens with two attached hydrogens (primary N) is 1. The van der Waals surface area contributed by atoms with Gasteiger partial charge in [0.05, 0.1) is 0 Å². The Hall–Kier alpha value is -3.28. The number of hydrogen-bond acceptors (Lipinski definition) is 7. The second-order valence-corrected chi connectivity index (χ2v) is 13.8. The number of nitrogens with one attached hydrogen (secondary N) is 2. The smallest absolute Gasteiger partial charge is 0.408 e. The molecule has 0 bridgehead atoms. The van der Waals surface area contributed by atoms with Crippen molar-refractivity contribution in [2.24, 2.45) is 17.6 Å². The predicted molar refractivity (Wildman–Crippen MR) is 166 cm³/mol. The van der Waals surface area contributed by atoms with Gasteiger partial charge < -0.3 is 30.9 Å². The van der Waals surface area contributed by atoms with E-state index < -0.39 is 47.7 Å². The molecule has 0 aromatic heterocycles. The van der Waals surface area contributed by atoms with Gasteiger partial charge in [0.2, 0.25) is 23.6 Å². The third-order valence-electron chi connectivity index (χ3n) is 7.69. The number of primary amides is 1. The zero-order valence-electron chi connectivity index (χ0n) is 26.1. The number of benzene rings is 1. The molecule has 2 saturated heterocycles. The van der Waals surface area contributed by atoms with Crippen molar-refractivity contribution < 1.29 is 28.7 Å². The molecule has 3 rings (SSSR count). The number of carbonyl (C=O) groups is 5. The predicted octanol–water partition coefficient (Wildman–Crippen LogP) is 2.32. The van der Waals surface area contributed by atoms with Gasteiger partial charge in [0.25, 0.3) is 0 Å². The average molecular weight is 618 g/mol. The van der Waals surface area contributed by atoms with Crippen molar-refractivity contribution in [3.63, 3.8) is 0 Å². The van der Waals surface area contributed by atoms with E-state index in [1.54, 1.807) is 42.3 Å². The van der Waals surface area contributed by atoms with Gasteiger partial charge in [0.15, 0.2) is 0 Å². The molecule has 2 aliphatic rings. The highest BCUT2D eigenvalue weighted by Gasteiger charge is 2.53. The summed E-state index contributed by atoms with van der Waals surface area (Å²) >= 11 is 1.55. The molecule has 11 nitrogen and oxygen atoms in total. The summed E-state index contributed by atoms with van der Waals surface area (Å²) in [6.45, 7) is 9.86. The van der Waals surface area contributed by atoms with E-state index >= 15 is 0 Å². The maximum Gasteiger partial charge on any atom is 0.408 e. The van der Waals surface area contributed by atoms with Crippen molar-refractivity contribution in [1.29, 1.82) is 0 Å². The highest BCUT2D eigenvalue weighted by atomic mass is 32.2. The first kappa shape index (κ1) is 34.2. The fourth-order valence-electron chi connectivity index (χ4n) is 5.73. The summed E-state index contributed by atoms with van der Waals surface area (Å²) in [6.07, 6.45) is 2.81. The maximum absolute atomic E-state index is 14.0. The van der Waals surface area contributed by atoms with Gasteiger partial charge in [-0.3, -0.25) is 19.2 Å². The van der Waals surface area contributed by atoms with E-state index in [9.17, 15) is 24.0 Å². The molecule has 43 heavy (non-hydrogen) atoms. The molecule has 238 valence electrons. The maximum atomic E-state index is 14.0. The van der Waals surface area contributed by atoms with Crippen molar-refractivity contribution in [3.8, 4) is 0 Å². The monoisotopic (exact) mass is 617 g/mol. The molecule has 0 spiro atoms. The van der Waals surface area contributed by atoms with Crippen LogP contribution in [-0.4, -0.2) is 94.4 Å². The molecule has 2 fully saturated rings. The lowest BCUT2D eigenvalue weighted by Crippen LogP contribution is -2.56. The fraction of sp³-hybridized carbons (Fsp3) is 0.645. The van der Waals surface area contributed by atoms with Crippen LogP contribution < -0.4 is 16.4 Å². The Morgan fingerprint density at radius 3 is 2.35 bits per heavy atom. The molecular weight excluding hydrogens is 570 g/mol. The molecule has 4 N–H and O–H groups in total. The Bertz CT molecular complexity index is 1160. The van der Waals surface area contributed by atoms with Crippen LogP contribution in [0.15, 0.2) is 30.3 Å². The van der Waals surface area contributed by atoms with Gasteiger partial charge in [-0.2, -0.15) is 11.8 Å². The van der Waals surface area contributed by atoms with E-state index in [-0.39, 0.29) is 30.1 Å². The number of ether oxygens (including phenoxy) is 1. The first-order valence-electron chi connectivity index (χ1n) is 14.9. The lowest BCUT2D eigenvalue weighted by Gasteiger charge is -2.32. The molecule has 12 heteroatoms. The minimum Gasteiger partial charge on any atom is -0.444 e. The van der Waals surface area contributed by atoms with E-state index in [1.807, 2.05) is 50.4 Å².